The van der Waals surface area contributed by atoms with E-state index in [4.69, 9.17) is 0 Å². The molecule has 1 rings (SSSR count). The van der Waals surface area contributed by atoms with Crippen LogP contribution in [0.25, 0.3) is 0 Å². The van der Waals surface area contributed by atoms with E-state index in [2.05, 4.69) is 6.58 Å². The molecular weight excluding hydrogens is 188 g/mol. The number of nitrogens with zero attached hydrogens (tertiary/aromatic N) is 2. The molecule has 0 atom stereocenters. The molecule has 0 aliphatic carbocycles. The highest BCUT2D eigenvalue weighted by molar-refractivity contribution is 6.48. The second kappa shape index (κ2) is 3.06. The molecule has 14 heavy (non-hydrogen) atoms. The summed E-state index contributed by atoms with van der Waals surface area (Å²) >= 11 is 0. The van der Waals surface area contributed by atoms with E-state index in [1.54, 1.807) is 0 Å². The van der Waals surface area contributed by atoms with E-state index in [-0.39, 0.29) is 10.5 Å². The van der Waals surface area contributed by atoms with E-state index in [1.807, 2.05) is 0 Å². The predicted octanol–water partition coefficient (Wildman–Crippen LogP) is -0.490. The highest BCUT2D eigenvalue weighted by Crippen LogP contribution is 2.12. The Morgan fingerprint density at radius 3 is 2.00 bits per heavy atom. The average Bonchev–Trinajstić information content (AvgIpc) is 2.30. The third kappa shape index (κ3) is 1.20. The molecule has 0 saturated carbocycles. The number of carbonyl (C=O) groups excluding carboxylic acids is 4. The molecule has 0 bridgehead atoms. The molecule has 0 aromatic rings. The van der Waals surface area contributed by atoms with Gasteiger partial charge < -0.3 is 0 Å². The maximum absolute atomic E-state index is 11.3. The normalized spacial score (nSPS) is 16.6. The van der Waals surface area contributed by atoms with Crippen molar-refractivity contribution in [3.8, 4) is 0 Å². The summed E-state index contributed by atoms with van der Waals surface area (Å²) in [5.74, 6) is -2.99. The molecule has 0 radical (unpaired) electrons. The monoisotopic (exact) mass is 196 g/mol. The lowest BCUT2D eigenvalue weighted by molar-refractivity contribution is -0.146. The van der Waals surface area contributed by atoms with Gasteiger partial charge in [-0.3, -0.25) is 19.3 Å². The van der Waals surface area contributed by atoms with Crippen LogP contribution in [0.2, 0.25) is 0 Å². The van der Waals surface area contributed by atoms with Crippen molar-refractivity contribution in [2.45, 2.75) is 6.92 Å². The van der Waals surface area contributed by atoms with Gasteiger partial charge in [-0.05, 0) is 6.92 Å². The van der Waals surface area contributed by atoms with E-state index >= 15 is 0 Å². The summed E-state index contributed by atoms with van der Waals surface area (Å²) < 4.78 is 0. The van der Waals surface area contributed by atoms with Crippen LogP contribution in [-0.4, -0.2) is 40.6 Å². The molecule has 1 aliphatic heterocycles. The van der Waals surface area contributed by atoms with Crippen LogP contribution in [0.5, 0.6) is 0 Å². The van der Waals surface area contributed by atoms with Gasteiger partial charge >= 0.3 is 17.8 Å². The van der Waals surface area contributed by atoms with Crippen LogP contribution in [0.4, 0.5) is 4.79 Å². The van der Waals surface area contributed by atoms with Crippen molar-refractivity contribution >= 4 is 23.8 Å². The summed E-state index contributed by atoms with van der Waals surface area (Å²) in [7, 11) is 1.13. The summed E-state index contributed by atoms with van der Waals surface area (Å²) in [5, 5.41) is 0. The molecule has 1 saturated heterocycles. The molecule has 6 heteroatoms. The van der Waals surface area contributed by atoms with Crippen molar-refractivity contribution in [3.63, 3.8) is 0 Å². The van der Waals surface area contributed by atoms with Crippen LogP contribution in [0.1, 0.15) is 6.92 Å². The van der Waals surface area contributed by atoms with E-state index in [0.29, 0.717) is 4.90 Å². The Morgan fingerprint density at radius 1 is 1.21 bits per heavy atom. The fraction of sp³-hybridized carbons (Fsp3) is 0.250. The fourth-order valence-electron chi connectivity index (χ4n) is 0.933. The molecule has 74 valence electrons. The minimum absolute atomic E-state index is 0.0230. The van der Waals surface area contributed by atoms with Crippen molar-refractivity contribution in [2.24, 2.45) is 0 Å². The molecule has 0 spiro atoms. The van der Waals surface area contributed by atoms with Gasteiger partial charge in [0.1, 0.15) is 0 Å². The van der Waals surface area contributed by atoms with Gasteiger partial charge in [0.25, 0.3) is 5.91 Å². The number of hydrogen-bond acceptors (Lipinski definition) is 4. The SMILES string of the molecule is C=C(C)C(=O)N1C(=O)C(=O)N(C)C1=O. The van der Waals surface area contributed by atoms with Crippen molar-refractivity contribution in [1.82, 2.24) is 9.80 Å². The Bertz CT molecular complexity index is 364. The van der Waals surface area contributed by atoms with Crippen LogP contribution in [0.3, 0.4) is 0 Å². The summed E-state index contributed by atoms with van der Waals surface area (Å²) in [6.45, 7) is 4.65. The van der Waals surface area contributed by atoms with Gasteiger partial charge in [-0.2, -0.15) is 4.90 Å². The highest BCUT2D eigenvalue weighted by Gasteiger charge is 2.45. The largest absolute Gasteiger partial charge is 0.341 e. The van der Waals surface area contributed by atoms with Gasteiger partial charge in [0, 0.05) is 12.6 Å². The van der Waals surface area contributed by atoms with Crippen molar-refractivity contribution in [1.29, 1.82) is 0 Å². The Kier molecular flexibility index (Phi) is 2.21. The lowest BCUT2D eigenvalue weighted by atomic mass is 10.3. The smallest absolute Gasteiger partial charge is 0.268 e. The maximum atomic E-state index is 11.3. The third-order valence-corrected chi connectivity index (χ3v) is 1.74. The quantitative estimate of drug-likeness (QED) is 0.322. The first-order valence-corrected chi connectivity index (χ1v) is 3.74. The Labute approximate surface area is 79.8 Å². The van der Waals surface area contributed by atoms with Crippen molar-refractivity contribution in [2.75, 3.05) is 7.05 Å². The molecule has 5 amide bonds. The first kappa shape index (κ1) is 10.1. The topological polar surface area (TPSA) is 74.8 Å². The Balaban J connectivity index is 3.08. The Morgan fingerprint density at radius 2 is 1.71 bits per heavy atom. The molecular formula is C8H8N2O4. The number of urea groups is 1. The van der Waals surface area contributed by atoms with Gasteiger partial charge in [-0.15, -0.1) is 0 Å². The lowest BCUT2D eigenvalue weighted by Crippen LogP contribution is -2.37. The standard InChI is InChI=1S/C8H8N2O4/c1-4(2)5(11)10-7(13)6(12)9(3)8(10)14/h1H2,2-3H3. The summed E-state index contributed by atoms with van der Waals surface area (Å²) in [6.07, 6.45) is 0. The van der Waals surface area contributed by atoms with Gasteiger partial charge in [-0.1, -0.05) is 6.58 Å². The minimum Gasteiger partial charge on any atom is -0.268 e. The second-order valence-electron chi connectivity index (χ2n) is 2.87. The summed E-state index contributed by atoms with van der Waals surface area (Å²) in [5.41, 5.74) is 0.0230. The molecule has 1 heterocycles. The zero-order valence-corrected chi connectivity index (χ0v) is 7.73. The summed E-state index contributed by atoms with van der Waals surface area (Å²) in [6, 6.07) is -0.937. The zero-order chi connectivity index (χ0) is 11.0. The number of imide groups is 4. The van der Waals surface area contributed by atoms with Crippen LogP contribution in [0, 0.1) is 0 Å². The number of hydrogen-bond donors (Lipinski definition) is 0. The second-order valence-corrected chi connectivity index (χ2v) is 2.87. The van der Waals surface area contributed by atoms with Crippen LogP contribution in [0.15, 0.2) is 12.2 Å². The molecule has 1 fully saturated rings. The van der Waals surface area contributed by atoms with Crippen molar-refractivity contribution in [3.05, 3.63) is 12.2 Å². The molecule has 0 N–H and O–H groups in total. The first-order chi connectivity index (χ1) is 6.37. The van der Waals surface area contributed by atoms with Crippen LogP contribution in [-0.2, 0) is 14.4 Å². The van der Waals surface area contributed by atoms with Gasteiger partial charge in [-0.25, -0.2) is 4.79 Å². The van der Waals surface area contributed by atoms with E-state index in [0.717, 1.165) is 7.05 Å². The van der Waals surface area contributed by atoms with Crippen molar-refractivity contribution < 1.29 is 19.2 Å². The molecule has 6 nitrogen and oxygen atoms in total. The number of carbonyl (C=O) groups is 4. The highest BCUT2D eigenvalue weighted by atomic mass is 16.2. The predicted molar refractivity (Wildman–Crippen MR) is 44.8 cm³/mol. The van der Waals surface area contributed by atoms with Crippen LogP contribution >= 0.6 is 0 Å². The van der Waals surface area contributed by atoms with Gasteiger partial charge in [0.15, 0.2) is 0 Å². The third-order valence-electron chi connectivity index (χ3n) is 1.74. The Hall–Kier alpha value is -1.98. The molecule has 0 aromatic carbocycles. The maximum Gasteiger partial charge on any atom is 0.341 e. The van der Waals surface area contributed by atoms with Gasteiger partial charge in [0.2, 0.25) is 0 Å². The van der Waals surface area contributed by atoms with E-state index in [1.165, 1.54) is 6.92 Å². The van der Waals surface area contributed by atoms with Crippen LogP contribution < -0.4 is 0 Å². The summed E-state index contributed by atoms with van der Waals surface area (Å²) in [4.78, 5) is 45.5. The molecule has 1 aliphatic rings. The number of rotatable bonds is 1. The van der Waals surface area contributed by atoms with E-state index in [9.17, 15) is 19.2 Å². The van der Waals surface area contributed by atoms with E-state index < -0.39 is 23.8 Å². The minimum atomic E-state index is -1.13. The number of amides is 5. The zero-order valence-electron chi connectivity index (χ0n) is 7.73. The lowest BCUT2D eigenvalue weighted by Gasteiger charge is -2.09. The molecule has 0 unspecified atom stereocenters. The first-order valence-electron chi connectivity index (χ1n) is 3.74. The average molecular weight is 196 g/mol. The fourth-order valence-corrected chi connectivity index (χ4v) is 0.933. The van der Waals surface area contributed by atoms with Gasteiger partial charge in [0.05, 0.1) is 0 Å². The molecule has 0 aromatic heterocycles. The number of likely N-dealkylation sites (N-methyl/N-ethyl adjacent to an activating group) is 1.